The summed E-state index contributed by atoms with van der Waals surface area (Å²) in [6.07, 6.45) is 1.71. The average molecular weight is 591 g/mol. The van der Waals surface area contributed by atoms with E-state index >= 15 is 0 Å². The van der Waals surface area contributed by atoms with Crippen LogP contribution in [0.25, 0.3) is 0 Å². The van der Waals surface area contributed by atoms with E-state index in [2.05, 4.69) is 5.32 Å². The molecule has 0 saturated heterocycles. The van der Waals surface area contributed by atoms with Crippen LogP contribution in [-0.2, 0) is 26.2 Å². The topological polar surface area (TPSA) is 86.8 Å². The number of amides is 2. The fourth-order valence-electron chi connectivity index (χ4n) is 3.90. The Morgan fingerprint density at radius 2 is 1.59 bits per heavy atom. The lowest BCUT2D eigenvalue weighted by molar-refractivity contribution is -0.139. The number of anilines is 1. The largest absolute Gasteiger partial charge is 0.354 e. The lowest BCUT2D eigenvalue weighted by Crippen LogP contribution is -2.51. The number of sulfonamides is 1. The zero-order valence-electron chi connectivity index (χ0n) is 22.2. The van der Waals surface area contributed by atoms with Gasteiger partial charge in [-0.25, -0.2) is 8.42 Å². The lowest BCUT2D eigenvalue weighted by Gasteiger charge is -2.32. The van der Waals surface area contributed by atoms with Crippen molar-refractivity contribution in [1.82, 2.24) is 10.2 Å². The second-order valence-corrected chi connectivity index (χ2v) is 11.9. The van der Waals surface area contributed by atoms with Crippen molar-refractivity contribution in [3.8, 4) is 0 Å². The quantitative estimate of drug-likeness (QED) is 0.269. The van der Waals surface area contributed by atoms with Gasteiger partial charge in [0, 0.05) is 23.1 Å². The van der Waals surface area contributed by atoms with E-state index in [1.54, 1.807) is 55.5 Å². The molecule has 7 nitrogen and oxygen atoms in total. The molecule has 0 aliphatic carbocycles. The Hall–Kier alpha value is -3.07. The van der Waals surface area contributed by atoms with Gasteiger partial charge in [0.05, 0.1) is 10.6 Å². The summed E-state index contributed by atoms with van der Waals surface area (Å²) in [6.45, 7) is 5.52. The molecule has 1 unspecified atom stereocenters. The van der Waals surface area contributed by atoms with E-state index in [1.165, 1.54) is 29.2 Å². The van der Waals surface area contributed by atoms with E-state index in [0.29, 0.717) is 27.8 Å². The van der Waals surface area contributed by atoms with E-state index in [0.717, 1.165) is 22.7 Å². The van der Waals surface area contributed by atoms with E-state index in [4.69, 9.17) is 23.2 Å². The molecule has 0 spiro atoms. The number of nitrogens with one attached hydrogen (secondary N) is 1. The van der Waals surface area contributed by atoms with Crippen molar-refractivity contribution in [2.45, 2.75) is 51.1 Å². The van der Waals surface area contributed by atoms with Crippen LogP contribution in [0, 0.1) is 6.92 Å². The minimum absolute atomic E-state index is 0.0108. The first-order chi connectivity index (χ1) is 18.5. The molecular weight excluding hydrogens is 557 g/mol. The summed E-state index contributed by atoms with van der Waals surface area (Å²) in [6, 6.07) is 18.8. The average Bonchev–Trinajstić information content (AvgIpc) is 2.91. The highest BCUT2D eigenvalue weighted by Gasteiger charge is 2.32. The first-order valence-corrected chi connectivity index (χ1v) is 14.9. The summed E-state index contributed by atoms with van der Waals surface area (Å²) in [7, 11) is -4.16. The molecule has 0 aliphatic heterocycles. The summed E-state index contributed by atoms with van der Waals surface area (Å²) in [5.41, 5.74) is 1.90. The number of rotatable bonds is 12. The number of hydrogen-bond donors (Lipinski definition) is 1. The van der Waals surface area contributed by atoms with Crippen molar-refractivity contribution in [2.75, 3.05) is 17.4 Å². The van der Waals surface area contributed by atoms with E-state index < -0.39 is 28.5 Å². The highest BCUT2D eigenvalue weighted by molar-refractivity contribution is 7.92. The molecule has 0 heterocycles. The fraction of sp³-hybridized carbons (Fsp3) is 0.310. The number of nitrogens with zero attached hydrogens (tertiary/aromatic N) is 2. The summed E-state index contributed by atoms with van der Waals surface area (Å²) in [5, 5.41) is 3.69. The smallest absolute Gasteiger partial charge is 0.264 e. The molecule has 0 aromatic heterocycles. The highest BCUT2D eigenvalue weighted by Crippen LogP contribution is 2.26. The first kappa shape index (κ1) is 30.5. The Labute approximate surface area is 240 Å². The maximum Gasteiger partial charge on any atom is 0.264 e. The van der Waals surface area contributed by atoms with Crippen LogP contribution in [0.2, 0.25) is 10.0 Å². The zero-order chi connectivity index (χ0) is 28.6. The van der Waals surface area contributed by atoms with Gasteiger partial charge in [-0.05, 0) is 68.3 Å². The van der Waals surface area contributed by atoms with Crippen LogP contribution in [0.4, 0.5) is 5.69 Å². The Bertz CT molecular complexity index is 1380. The van der Waals surface area contributed by atoms with Crippen LogP contribution in [0.15, 0.2) is 77.7 Å². The molecule has 10 heteroatoms. The van der Waals surface area contributed by atoms with Gasteiger partial charge in [0.25, 0.3) is 10.0 Å². The second kappa shape index (κ2) is 13.8. The SMILES string of the molecule is CCCCNC(=O)C(C)N(Cc1ccccc1Cl)C(=O)CN(c1ccc(C)cc1)S(=O)(=O)c1ccc(Cl)cc1. The zero-order valence-corrected chi connectivity index (χ0v) is 24.6. The maximum absolute atomic E-state index is 13.9. The fourth-order valence-corrected chi connectivity index (χ4v) is 5.64. The molecule has 3 aromatic carbocycles. The number of unbranched alkanes of at least 4 members (excludes halogenated alkanes) is 1. The van der Waals surface area contributed by atoms with Crippen molar-refractivity contribution < 1.29 is 18.0 Å². The summed E-state index contributed by atoms with van der Waals surface area (Å²) < 4.78 is 28.6. The number of benzene rings is 3. The van der Waals surface area contributed by atoms with Crippen molar-refractivity contribution in [3.05, 3.63) is 94.0 Å². The van der Waals surface area contributed by atoms with E-state index in [1.807, 2.05) is 13.8 Å². The van der Waals surface area contributed by atoms with Crippen molar-refractivity contribution in [3.63, 3.8) is 0 Å². The first-order valence-electron chi connectivity index (χ1n) is 12.7. The summed E-state index contributed by atoms with van der Waals surface area (Å²) >= 11 is 12.4. The molecule has 1 N–H and O–H groups in total. The van der Waals surface area contributed by atoms with E-state index in [-0.39, 0.29) is 17.3 Å². The van der Waals surface area contributed by atoms with Crippen molar-refractivity contribution in [1.29, 1.82) is 0 Å². The Morgan fingerprint density at radius 3 is 2.21 bits per heavy atom. The van der Waals surface area contributed by atoms with Crippen molar-refractivity contribution >= 4 is 50.7 Å². The molecule has 208 valence electrons. The van der Waals surface area contributed by atoms with Gasteiger partial charge in [0.15, 0.2) is 0 Å². The van der Waals surface area contributed by atoms with Crippen LogP contribution in [0.1, 0.15) is 37.8 Å². The van der Waals surface area contributed by atoms with Crippen LogP contribution in [0.3, 0.4) is 0 Å². The standard InChI is InChI=1S/C29H33Cl2N3O4S/c1-4-5-18-32-29(36)22(3)33(19-23-8-6-7-9-27(23)31)28(35)20-34(25-14-10-21(2)11-15-25)39(37,38)26-16-12-24(30)13-17-26/h6-17,22H,4-5,18-20H2,1-3H3,(H,32,36). The molecule has 0 radical (unpaired) electrons. The number of carbonyl (C=O) groups excluding carboxylic acids is 2. The molecule has 1 atom stereocenters. The van der Waals surface area contributed by atoms with Crippen molar-refractivity contribution in [2.24, 2.45) is 0 Å². The highest BCUT2D eigenvalue weighted by atomic mass is 35.5. The Morgan fingerprint density at radius 1 is 0.949 bits per heavy atom. The minimum Gasteiger partial charge on any atom is -0.354 e. The van der Waals surface area contributed by atoms with Gasteiger partial charge < -0.3 is 10.2 Å². The molecule has 0 bridgehead atoms. The third-order valence-electron chi connectivity index (χ3n) is 6.30. The summed E-state index contributed by atoms with van der Waals surface area (Å²) in [4.78, 5) is 28.2. The van der Waals surface area contributed by atoms with Gasteiger partial charge in [0.2, 0.25) is 11.8 Å². The van der Waals surface area contributed by atoms with Gasteiger partial charge in [-0.1, -0.05) is 72.4 Å². The van der Waals surface area contributed by atoms with Crippen LogP contribution < -0.4 is 9.62 Å². The second-order valence-electron chi connectivity index (χ2n) is 9.23. The third-order valence-corrected chi connectivity index (χ3v) is 8.71. The van der Waals surface area contributed by atoms with Crippen LogP contribution in [0.5, 0.6) is 0 Å². The minimum atomic E-state index is -4.16. The van der Waals surface area contributed by atoms with Crippen LogP contribution in [-0.4, -0.2) is 44.3 Å². The lowest BCUT2D eigenvalue weighted by atomic mass is 10.1. The number of aryl methyl sites for hydroxylation is 1. The number of hydrogen-bond acceptors (Lipinski definition) is 4. The van der Waals surface area contributed by atoms with Crippen LogP contribution >= 0.6 is 23.2 Å². The molecule has 3 aromatic rings. The van der Waals surface area contributed by atoms with Gasteiger partial charge in [-0.3, -0.25) is 13.9 Å². The molecule has 39 heavy (non-hydrogen) atoms. The number of carbonyl (C=O) groups is 2. The van der Waals surface area contributed by atoms with Gasteiger partial charge in [0.1, 0.15) is 12.6 Å². The third kappa shape index (κ3) is 7.97. The molecule has 0 fully saturated rings. The monoisotopic (exact) mass is 589 g/mol. The molecule has 0 aliphatic rings. The number of halogens is 2. The van der Waals surface area contributed by atoms with Gasteiger partial charge in [-0.2, -0.15) is 0 Å². The van der Waals surface area contributed by atoms with Gasteiger partial charge >= 0.3 is 0 Å². The normalized spacial score (nSPS) is 12.0. The van der Waals surface area contributed by atoms with Gasteiger partial charge in [-0.15, -0.1) is 0 Å². The van der Waals surface area contributed by atoms with E-state index in [9.17, 15) is 18.0 Å². The maximum atomic E-state index is 13.9. The predicted molar refractivity (Wildman–Crippen MR) is 157 cm³/mol. The molecule has 2 amide bonds. The molecular formula is C29H33Cl2N3O4S. The molecule has 0 saturated carbocycles. The molecule has 3 rings (SSSR count). The summed E-state index contributed by atoms with van der Waals surface area (Å²) in [5.74, 6) is -0.877. The Balaban J connectivity index is 2.00. The Kier molecular flexibility index (Phi) is 10.8. The predicted octanol–water partition coefficient (Wildman–Crippen LogP) is 5.83.